The molecule has 0 spiro atoms. The van der Waals surface area contributed by atoms with Crippen molar-refractivity contribution in [1.82, 2.24) is 4.90 Å². The predicted octanol–water partition coefficient (Wildman–Crippen LogP) is 6.98. The highest BCUT2D eigenvalue weighted by Gasteiger charge is 2.52. The Kier molecular flexibility index (Phi) is 23.3. The van der Waals surface area contributed by atoms with Gasteiger partial charge < -0.3 is 44.3 Å². The van der Waals surface area contributed by atoms with Gasteiger partial charge in [-0.05, 0) is 113 Å². The number of ketones is 3. The number of nitrogens with zero attached hydrogens (tertiary/aromatic N) is 1. The Hall–Kier alpha value is -3.37. The number of carbonyl (C=O) groups excluding carboxylic acids is 4. The Balaban J connectivity index is 1.50. The minimum Gasteiger partial charge on any atom is -0.480 e. The van der Waals surface area contributed by atoms with Crippen LogP contribution in [0, 0.1) is 41.4 Å². The first-order valence-electron chi connectivity index (χ1n) is 24.3. The van der Waals surface area contributed by atoms with Gasteiger partial charge in [0.05, 0.1) is 24.4 Å². The van der Waals surface area contributed by atoms with Gasteiger partial charge in [-0.25, -0.2) is 4.79 Å². The lowest BCUT2D eigenvalue weighted by atomic mass is 9.76. The summed E-state index contributed by atoms with van der Waals surface area (Å²) >= 11 is 0. The quantitative estimate of drug-likeness (QED) is 0.0415. The number of methoxy groups -OCH3 is 3. The average Bonchev–Trinajstić information content (AvgIpc) is 3.28. The van der Waals surface area contributed by atoms with Crippen LogP contribution in [-0.2, 0) is 42.9 Å². The standard InChI is InChI=1S/C52H83NO13/c1-31(25-36(6)46(56)48(65-11)47(57)37(7)26-35(5)43(55)28-34(4)33(3)27-39-21-23-42(54)45(29-39)64-10)17-13-12-14-18-32(2)44(63-9)30-40-22-20-38(8)52(62,66-40)49(58)50(59)53-24-16-15-19-41(53)51(60)61/h12-14,17-18,26,31,33-36,38-42,44-45,47-48,54,57,62H,15-16,19-25,27-30H2,1-11H3,(H,60,61)/t31-,33-,34+,35-,36-,38-,39?,40?,41+,42?,44?,45?,47?,48?,52?/m1/s1. The number of hydrogen-bond donors (Lipinski definition) is 4. The van der Waals surface area contributed by atoms with Crippen molar-refractivity contribution in [3.8, 4) is 0 Å². The predicted molar refractivity (Wildman–Crippen MR) is 252 cm³/mol. The molecule has 1 aliphatic carbocycles. The molecule has 2 heterocycles. The Labute approximate surface area is 394 Å². The van der Waals surface area contributed by atoms with E-state index >= 15 is 0 Å². The molecule has 374 valence electrons. The van der Waals surface area contributed by atoms with Crippen LogP contribution in [0.3, 0.4) is 0 Å². The lowest BCUT2D eigenvalue weighted by molar-refractivity contribution is -0.265. The normalized spacial score (nSPS) is 29.5. The van der Waals surface area contributed by atoms with Crippen molar-refractivity contribution in [2.24, 2.45) is 41.4 Å². The molecular formula is C52H83NO13. The van der Waals surface area contributed by atoms with Crippen LogP contribution < -0.4 is 0 Å². The van der Waals surface area contributed by atoms with E-state index in [4.69, 9.17) is 18.9 Å². The maximum Gasteiger partial charge on any atom is 0.326 e. The summed E-state index contributed by atoms with van der Waals surface area (Å²) in [6.45, 7) is 15.3. The van der Waals surface area contributed by atoms with E-state index in [1.54, 1.807) is 34.1 Å². The lowest BCUT2D eigenvalue weighted by Gasteiger charge is -2.42. The summed E-state index contributed by atoms with van der Waals surface area (Å²) < 4.78 is 22.8. The molecule has 2 aliphatic heterocycles. The third-order valence-corrected chi connectivity index (χ3v) is 14.7. The van der Waals surface area contributed by atoms with E-state index in [0.717, 1.165) is 36.2 Å². The zero-order valence-corrected chi connectivity index (χ0v) is 41.6. The highest BCUT2D eigenvalue weighted by atomic mass is 16.6. The van der Waals surface area contributed by atoms with Gasteiger partial charge >= 0.3 is 5.97 Å². The van der Waals surface area contributed by atoms with Crippen molar-refractivity contribution in [2.75, 3.05) is 27.9 Å². The third kappa shape index (κ3) is 15.8. The molecule has 3 fully saturated rings. The van der Waals surface area contributed by atoms with Crippen LogP contribution in [-0.4, -0.2) is 131 Å². The summed E-state index contributed by atoms with van der Waals surface area (Å²) in [7, 11) is 4.61. The second kappa shape index (κ2) is 27.0. The molecule has 8 unspecified atom stereocenters. The third-order valence-electron chi connectivity index (χ3n) is 14.7. The molecule has 0 aromatic heterocycles. The molecule has 15 atom stereocenters. The molecule has 3 rings (SSSR count). The number of piperidine rings is 1. The molecule has 3 aliphatic rings. The molecule has 0 aromatic rings. The van der Waals surface area contributed by atoms with Crippen LogP contribution in [0.15, 0.2) is 47.6 Å². The lowest BCUT2D eigenvalue weighted by Crippen LogP contribution is -2.60. The summed E-state index contributed by atoms with van der Waals surface area (Å²) in [4.78, 5) is 66.4. The molecule has 0 radical (unpaired) electrons. The fourth-order valence-electron chi connectivity index (χ4n) is 9.94. The summed E-state index contributed by atoms with van der Waals surface area (Å²) in [6, 6.07) is -1.12. The molecule has 1 amide bonds. The zero-order chi connectivity index (χ0) is 49.5. The van der Waals surface area contributed by atoms with Crippen LogP contribution in [0.4, 0.5) is 0 Å². The zero-order valence-electron chi connectivity index (χ0n) is 41.6. The Bertz CT molecular complexity index is 1740. The number of likely N-dealkylation sites (tertiary alicyclic amines) is 1. The van der Waals surface area contributed by atoms with Crippen molar-refractivity contribution >= 4 is 29.2 Å². The number of carboxylic acid groups (broad SMARTS) is 1. The Morgan fingerprint density at radius 2 is 1.56 bits per heavy atom. The largest absolute Gasteiger partial charge is 0.480 e. The molecular weight excluding hydrogens is 847 g/mol. The molecule has 0 bridgehead atoms. The number of aliphatic hydroxyl groups is 3. The second-order valence-electron chi connectivity index (χ2n) is 19.9. The van der Waals surface area contributed by atoms with Gasteiger partial charge in [0.15, 0.2) is 5.78 Å². The van der Waals surface area contributed by atoms with E-state index in [1.807, 2.05) is 58.1 Å². The van der Waals surface area contributed by atoms with Crippen molar-refractivity contribution in [3.05, 3.63) is 47.6 Å². The van der Waals surface area contributed by atoms with Crippen LogP contribution in [0.2, 0.25) is 0 Å². The molecule has 14 heteroatoms. The topological polar surface area (TPSA) is 206 Å². The number of carboxylic acids is 1. The molecule has 0 aromatic carbocycles. The first kappa shape index (κ1) is 57.0. The Morgan fingerprint density at radius 3 is 2.20 bits per heavy atom. The van der Waals surface area contributed by atoms with Gasteiger partial charge in [0.2, 0.25) is 5.79 Å². The summed E-state index contributed by atoms with van der Waals surface area (Å²) in [5, 5.41) is 42.5. The molecule has 1 saturated carbocycles. The number of amides is 1. The van der Waals surface area contributed by atoms with Crippen molar-refractivity contribution in [3.63, 3.8) is 0 Å². The second-order valence-corrected chi connectivity index (χ2v) is 19.9. The van der Waals surface area contributed by atoms with Crippen LogP contribution in [0.1, 0.15) is 132 Å². The highest BCUT2D eigenvalue weighted by Crippen LogP contribution is 2.37. The van der Waals surface area contributed by atoms with Crippen molar-refractivity contribution < 1.29 is 63.3 Å². The van der Waals surface area contributed by atoms with Crippen molar-refractivity contribution in [2.45, 2.75) is 181 Å². The van der Waals surface area contributed by atoms with Gasteiger partial charge in [-0.1, -0.05) is 78.0 Å². The van der Waals surface area contributed by atoms with Gasteiger partial charge in [0.25, 0.3) is 11.7 Å². The van der Waals surface area contributed by atoms with Gasteiger partial charge in [-0.15, -0.1) is 0 Å². The maximum absolute atomic E-state index is 13.6. The number of hydrogen-bond acceptors (Lipinski definition) is 12. The minimum atomic E-state index is -2.38. The molecule has 66 heavy (non-hydrogen) atoms. The number of ether oxygens (including phenoxy) is 4. The number of carbonyl (C=O) groups is 5. The number of aliphatic hydroxyl groups excluding tert-OH is 2. The minimum absolute atomic E-state index is 0.0222. The number of aliphatic carboxylic acids is 1. The number of rotatable bonds is 25. The van der Waals surface area contributed by atoms with E-state index in [9.17, 15) is 44.4 Å². The van der Waals surface area contributed by atoms with Crippen molar-refractivity contribution in [1.29, 1.82) is 0 Å². The van der Waals surface area contributed by atoms with Crippen LogP contribution in [0.5, 0.6) is 0 Å². The van der Waals surface area contributed by atoms with E-state index in [2.05, 4.69) is 13.8 Å². The molecule has 2 saturated heterocycles. The van der Waals surface area contributed by atoms with Crippen LogP contribution in [0.25, 0.3) is 0 Å². The summed E-state index contributed by atoms with van der Waals surface area (Å²) in [5.74, 6) is -6.43. The fraction of sp³-hybridized carbons (Fsp3) is 0.750. The summed E-state index contributed by atoms with van der Waals surface area (Å²) in [5.41, 5.74) is 1.38. The Morgan fingerprint density at radius 1 is 0.864 bits per heavy atom. The SMILES string of the molecule is COC(CC1CC[C@@H](C)C(O)(C(=O)C(=O)N2CCCC[C@H]2C(=O)O)O1)C(C)=CC=CC=C[C@@H](C)C[C@@H](C)C(=O)C(OC)C(O)C(C)=C[C@@H](C)C(=O)C[C@H](C)[C@H](C)CC1CCC(O)C(OC)C1. The van der Waals surface area contributed by atoms with E-state index in [1.165, 1.54) is 7.11 Å². The van der Waals surface area contributed by atoms with E-state index in [0.29, 0.717) is 62.4 Å². The smallest absolute Gasteiger partial charge is 0.326 e. The number of Topliss-reactive ketones (excluding diaryl/α,β-unsaturated/α-hetero) is 3. The van der Waals surface area contributed by atoms with E-state index in [-0.39, 0.29) is 42.5 Å². The average molecular weight is 930 g/mol. The summed E-state index contributed by atoms with van der Waals surface area (Å²) in [6.07, 6.45) is 14.6. The van der Waals surface area contributed by atoms with E-state index < -0.39 is 77.8 Å². The highest BCUT2D eigenvalue weighted by molar-refractivity contribution is 6.39. The number of allylic oxidation sites excluding steroid dienone is 6. The maximum atomic E-state index is 13.6. The van der Waals surface area contributed by atoms with Gasteiger partial charge in [-0.3, -0.25) is 19.2 Å². The fourth-order valence-corrected chi connectivity index (χ4v) is 9.94. The molecule has 4 N–H and O–H groups in total. The van der Waals surface area contributed by atoms with Gasteiger partial charge in [0, 0.05) is 58.5 Å². The monoisotopic (exact) mass is 930 g/mol. The van der Waals surface area contributed by atoms with Gasteiger partial charge in [0.1, 0.15) is 24.0 Å². The molecule has 14 nitrogen and oxygen atoms in total. The first-order chi connectivity index (χ1) is 31.1. The first-order valence-corrected chi connectivity index (χ1v) is 24.3. The van der Waals surface area contributed by atoms with Gasteiger partial charge in [-0.2, -0.15) is 0 Å². The van der Waals surface area contributed by atoms with Crippen LogP contribution >= 0.6 is 0 Å².